The van der Waals surface area contributed by atoms with Gasteiger partial charge in [-0.25, -0.2) is 4.98 Å². The van der Waals surface area contributed by atoms with Crippen molar-refractivity contribution in [2.24, 2.45) is 7.05 Å². The molecular formula is C21H22N6O. The summed E-state index contributed by atoms with van der Waals surface area (Å²) < 4.78 is 7.27. The molecule has 4 heterocycles. The number of fused-ring (bicyclic) bond motifs is 2. The van der Waals surface area contributed by atoms with Crippen LogP contribution in [0.5, 0.6) is 5.75 Å². The lowest BCUT2D eigenvalue weighted by atomic mass is 9.93. The van der Waals surface area contributed by atoms with Gasteiger partial charge in [0.15, 0.2) is 11.3 Å². The molecular weight excluding hydrogens is 352 g/mol. The Labute approximate surface area is 162 Å². The molecule has 7 nitrogen and oxygen atoms in total. The Morgan fingerprint density at radius 1 is 1.07 bits per heavy atom. The summed E-state index contributed by atoms with van der Waals surface area (Å²) in [6.45, 7) is 2.10. The number of ether oxygens (including phenoxy) is 1. The Morgan fingerprint density at radius 3 is 2.75 bits per heavy atom. The van der Waals surface area contributed by atoms with Crippen LogP contribution in [-0.4, -0.2) is 45.2 Å². The number of piperidine rings is 1. The minimum Gasteiger partial charge on any atom is -0.494 e. The van der Waals surface area contributed by atoms with Gasteiger partial charge in [-0.3, -0.25) is 4.68 Å². The van der Waals surface area contributed by atoms with Crippen molar-refractivity contribution in [2.75, 3.05) is 20.2 Å². The molecule has 1 aliphatic rings. The van der Waals surface area contributed by atoms with Crippen molar-refractivity contribution >= 4 is 21.9 Å². The van der Waals surface area contributed by atoms with Crippen LogP contribution < -0.4 is 10.1 Å². The van der Waals surface area contributed by atoms with Gasteiger partial charge >= 0.3 is 0 Å². The third-order valence-corrected chi connectivity index (χ3v) is 5.43. The number of pyridine rings is 1. The van der Waals surface area contributed by atoms with E-state index in [1.165, 1.54) is 0 Å². The molecule has 0 aliphatic carbocycles. The summed E-state index contributed by atoms with van der Waals surface area (Å²) in [5, 5.41) is 18.0. The first kappa shape index (κ1) is 17.1. The number of hydrogen-bond donors (Lipinski definition) is 1. The van der Waals surface area contributed by atoms with Crippen LogP contribution >= 0.6 is 0 Å². The van der Waals surface area contributed by atoms with E-state index in [2.05, 4.69) is 38.8 Å². The van der Waals surface area contributed by atoms with Crippen molar-refractivity contribution in [3.63, 3.8) is 0 Å². The smallest absolute Gasteiger partial charge is 0.153 e. The standard InChI is InChI=1S/C21H22N6O/c1-27-12-19-21(26-27)20(28-2)11-16(23-19)14-3-4-15-10-17(24-25-18(15)9-14)13-5-7-22-8-6-13/h3-4,9-13,22H,5-8H2,1-2H3. The molecule has 0 saturated carbocycles. The lowest BCUT2D eigenvalue weighted by Crippen LogP contribution is -2.27. The molecule has 1 saturated heterocycles. The molecule has 1 aromatic carbocycles. The second kappa shape index (κ2) is 6.83. The number of aromatic nitrogens is 5. The van der Waals surface area contributed by atoms with E-state index in [0.717, 1.165) is 64.8 Å². The zero-order valence-corrected chi connectivity index (χ0v) is 16.0. The lowest BCUT2D eigenvalue weighted by Gasteiger charge is -2.21. The van der Waals surface area contributed by atoms with E-state index in [9.17, 15) is 0 Å². The maximum atomic E-state index is 5.52. The maximum absolute atomic E-state index is 5.52. The molecule has 142 valence electrons. The molecule has 1 aliphatic heterocycles. The van der Waals surface area contributed by atoms with Gasteiger partial charge in [-0.2, -0.15) is 15.3 Å². The Bertz CT molecular complexity index is 1160. The number of hydrogen-bond acceptors (Lipinski definition) is 6. The highest BCUT2D eigenvalue weighted by Gasteiger charge is 2.18. The molecule has 0 unspecified atom stereocenters. The minimum absolute atomic E-state index is 0.497. The number of methoxy groups -OCH3 is 1. The van der Waals surface area contributed by atoms with Gasteiger partial charge in [0.1, 0.15) is 5.52 Å². The summed E-state index contributed by atoms with van der Waals surface area (Å²) in [7, 11) is 3.54. The van der Waals surface area contributed by atoms with E-state index in [0.29, 0.717) is 11.7 Å². The minimum atomic E-state index is 0.497. The third-order valence-electron chi connectivity index (χ3n) is 5.43. The molecule has 1 fully saturated rings. The van der Waals surface area contributed by atoms with Gasteiger partial charge in [-0.1, -0.05) is 12.1 Å². The second-order valence-electron chi connectivity index (χ2n) is 7.31. The van der Waals surface area contributed by atoms with Gasteiger partial charge in [0, 0.05) is 30.0 Å². The molecule has 0 spiro atoms. The van der Waals surface area contributed by atoms with E-state index < -0.39 is 0 Å². The van der Waals surface area contributed by atoms with Crippen LogP contribution in [0.2, 0.25) is 0 Å². The summed E-state index contributed by atoms with van der Waals surface area (Å²) >= 11 is 0. The molecule has 0 bridgehead atoms. The fourth-order valence-electron chi connectivity index (χ4n) is 3.92. The van der Waals surface area contributed by atoms with Crippen LogP contribution in [0.25, 0.3) is 33.2 Å². The van der Waals surface area contributed by atoms with E-state index in [4.69, 9.17) is 9.72 Å². The normalized spacial score (nSPS) is 15.4. The number of nitrogens with one attached hydrogen (secondary N) is 1. The second-order valence-corrected chi connectivity index (χ2v) is 7.31. The van der Waals surface area contributed by atoms with Gasteiger partial charge < -0.3 is 10.1 Å². The van der Waals surface area contributed by atoms with E-state index >= 15 is 0 Å². The van der Waals surface area contributed by atoms with Gasteiger partial charge in [-0.05, 0) is 38.1 Å². The summed E-state index contributed by atoms with van der Waals surface area (Å²) in [5.41, 5.74) is 5.37. The monoisotopic (exact) mass is 374 g/mol. The van der Waals surface area contributed by atoms with E-state index in [1.807, 2.05) is 25.4 Å². The van der Waals surface area contributed by atoms with Gasteiger partial charge in [0.25, 0.3) is 0 Å². The van der Waals surface area contributed by atoms with E-state index in [-0.39, 0.29) is 0 Å². The highest BCUT2D eigenvalue weighted by molar-refractivity contribution is 5.87. The van der Waals surface area contributed by atoms with Crippen LogP contribution in [0, 0.1) is 0 Å². The molecule has 5 rings (SSSR count). The van der Waals surface area contributed by atoms with Crippen molar-refractivity contribution in [3.8, 4) is 17.0 Å². The molecule has 0 radical (unpaired) electrons. The van der Waals surface area contributed by atoms with Crippen molar-refractivity contribution < 1.29 is 4.74 Å². The number of nitrogens with zero attached hydrogens (tertiary/aromatic N) is 5. The lowest BCUT2D eigenvalue weighted by molar-refractivity contribution is 0.418. The molecule has 0 atom stereocenters. The molecule has 0 amide bonds. The topological polar surface area (TPSA) is 77.8 Å². The average Bonchev–Trinajstić information content (AvgIpc) is 3.13. The zero-order chi connectivity index (χ0) is 19.1. The first-order valence-electron chi connectivity index (χ1n) is 9.58. The first-order valence-corrected chi connectivity index (χ1v) is 9.58. The summed E-state index contributed by atoms with van der Waals surface area (Å²) in [4.78, 5) is 4.75. The molecule has 7 heteroatoms. The number of benzene rings is 1. The molecule has 4 aromatic rings. The summed E-state index contributed by atoms with van der Waals surface area (Å²) in [6.07, 6.45) is 4.13. The number of rotatable bonds is 3. The fourth-order valence-corrected chi connectivity index (χ4v) is 3.92. The van der Waals surface area contributed by atoms with Crippen LogP contribution in [0.4, 0.5) is 0 Å². The summed E-state index contributed by atoms with van der Waals surface area (Å²) in [6, 6.07) is 10.3. The van der Waals surface area contributed by atoms with Crippen LogP contribution in [0.1, 0.15) is 24.5 Å². The summed E-state index contributed by atoms with van der Waals surface area (Å²) in [5.74, 6) is 1.21. The molecule has 28 heavy (non-hydrogen) atoms. The van der Waals surface area contributed by atoms with Gasteiger partial charge in [-0.15, -0.1) is 0 Å². The quantitative estimate of drug-likeness (QED) is 0.594. The van der Waals surface area contributed by atoms with Crippen molar-refractivity contribution in [1.82, 2.24) is 30.3 Å². The maximum Gasteiger partial charge on any atom is 0.153 e. The number of aryl methyl sites for hydroxylation is 1. The Morgan fingerprint density at radius 2 is 1.93 bits per heavy atom. The fraction of sp³-hybridized carbons (Fsp3) is 0.333. The van der Waals surface area contributed by atoms with Crippen LogP contribution in [0.15, 0.2) is 36.5 Å². The van der Waals surface area contributed by atoms with Crippen molar-refractivity contribution in [2.45, 2.75) is 18.8 Å². The van der Waals surface area contributed by atoms with Crippen molar-refractivity contribution in [3.05, 3.63) is 42.2 Å². The predicted octanol–water partition coefficient (Wildman–Crippen LogP) is 3.05. The Balaban J connectivity index is 1.55. The van der Waals surface area contributed by atoms with Gasteiger partial charge in [0.05, 0.1) is 30.2 Å². The largest absolute Gasteiger partial charge is 0.494 e. The average molecular weight is 374 g/mol. The van der Waals surface area contributed by atoms with Crippen LogP contribution in [0.3, 0.4) is 0 Å². The Hall–Kier alpha value is -3.06. The van der Waals surface area contributed by atoms with E-state index in [1.54, 1.807) is 11.8 Å². The van der Waals surface area contributed by atoms with Crippen LogP contribution in [-0.2, 0) is 7.05 Å². The first-order chi connectivity index (χ1) is 13.7. The zero-order valence-electron chi connectivity index (χ0n) is 16.0. The highest BCUT2D eigenvalue weighted by Crippen LogP contribution is 2.31. The van der Waals surface area contributed by atoms with Crippen molar-refractivity contribution in [1.29, 1.82) is 0 Å². The third kappa shape index (κ3) is 2.97. The predicted molar refractivity (Wildman–Crippen MR) is 108 cm³/mol. The van der Waals surface area contributed by atoms with Gasteiger partial charge in [0.2, 0.25) is 0 Å². The SMILES string of the molecule is COc1cc(-c2ccc3cc(C4CCNCC4)nnc3c2)nc2cn(C)nc12. The molecule has 1 N–H and O–H groups in total. The molecule has 3 aromatic heterocycles. The highest BCUT2D eigenvalue weighted by atomic mass is 16.5. The Kier molecular flexibility index (Phi) is 4.16.